The van der Waals surface area contributed by atoms with E-state index in [0.717, 1.165) is 27.4 Å². The van der Waals surface area contributed by atoms with Crippen molar-refractivity contribution in [3.05, 3.63) is 77.3 Å². The van der Waals surface area contributed by atoms with Gasteiger partial charge in [0, 0.05) is 12.3 Å². The first-order valence-electron chi connectivity index (χ1n) is 8.86. The van der Waals surface area contributed by atoms with Gasteiger partial charge in [0.05, 0.1) is 22.5 Å². The standard InChI is InChI=1S/C20H19N5OS2/c26-19(11-27-12-20-24-17-7-3-4-8-18(17)28-20)22-9-15-5-1-2-6-16(15)10-25-14-21-13-23-25/h1-8,13-14H,9-12H2,(H,22,26). The lowest BCUT2D eigenvalue weighted by Gasteiger charge is -2.10. The third-order valence-corrected chi connectivity index (χ3v) is 6.35. The molecule has 0 bridgehead atoms. The van der Waals surface area contributed by atoms with Gasteiger partial charge in [-0.15, -0.1) is 23.1 Å². The van der Waals surface area contributed by atoms with Crippen LogP contribution in [0.15, 0.2) is 61.2 Å². The number of thiazole rings is 1. The van der Waals surface area contributed by atoms with Gasteiger partial charge in [0.15, 0.2) is 0 Å². The molecular formula is C20H19N5OS2. The molecule has 1 N–H and O–H groups in total. The molecule has 2 aromatic heterocycles. The zero-order chi connectivity index (χ0) is 19.2. The van der Waals surface area contributed by atoms with Gasteiger partial charge in [0.25, 0.3) is 0 Å². The van der Waals surface area contributed by atoms with Gasteiger partial charge in [-0.3, -0.25) is 4.79 Å². The van der Waals surface area contributed by atoms with E-state index in [9.17, 15) is 4.79 Å². The summed E-state index contributed by atoms with van der Waals surface area (Å²) in [6.07, 6.45) is 3.21. The highest BCUT2D eigenvalue weighted by molar-refractivity contribution is 7.99. The number of carbonyl (C=O) groups is 1. The Morgan fingerprint density at radius 3 is 2.75 bits per heavy atom. The van der Waals surface area contributed by atoms with E-state index >= 15 is 0 Å². The van der Waals surface area contributed by atoms with Gasteiger partial charge in [0.1, 0.15) is 17.7 Å². The summed E-state index contributed by atoms with van der Waals surface area (Å²) in [4.78, 5) is 20.8. The molecule has 0 aliphatic heterocycles. The zero-order valence-corrected chi connectivity index (χ0v) is 16.7. The second kappa shape index (κ2) is 8.99. The van der Waals surface area contributed by atoms with Crippen LogP contribution in [-0.4, -0.2) is 31.4 Å². The maximum atomic E-state index is 12.2. The molecule has 1 amide bonds. The first-order chi connectivity index (χ1) is 13.8. The molecule has 0 saturated carbocycles. The molecule has 0 saturated heterocycles. The summed E-state index contributed by atoms with van der Waals surface area (Å²) in [6, 6.07) is 16.2. The average Bonchev–Trinajstić information content (AvgIpc) is 3.36. The van der Waals surface area contributed by atoms with Crippen molar-refractivity contribution in [2.24, 2.45) is 0 Å². The van der Waals surface area contributed by atoms with Crippen molar-refractivity contribution in [2.45, 2.75) is 18.8 Å². The van der Waals surface area contributed by atoms with Crippen LogP contribution in [-0.2, 0) is 23.6 Å². The normalized spacial score (nSPS) is 11.0. The molecule has 8 heteroatoms. The highest BCUT2D eigenvalue weighted by Gasteiger charge is 2.08. The van der Waals surface area contributed by atoms with Crippen LogP contribution in [0.25, 0.3) is 10.2 Å². The van der Waals surface area contributed by atoms with Crippen molar-refractivity contribution in [1.82, 2.24) is 25.1 Å². The average molecular weight is 410 g/mol. The monoisotopic (exact) mass is 409 g/mol. The van der Waals surface area contributed by atoms with Gasteiger partial charge < -0.3 is 5.32 Å². The van der Waals surface area contributed by atoms with Gasteiger partial charge in [-0.2, -0.15) is 5.10 Å². The number of hydrogen-bond donors (Lipinski definition) is 1. The second-order valence-electron chi connectivity index (χ2n) is 6.21. The number of para-hydroxylation sites is 1. The van der Waals surface area contributed by atoms with Gasteiger partial charge in [-0.25, -0.2) is 14.6 Å². The first-order valence-corrected chi connectivity index (χ1v) is 10.8. The summed E-state index contributed by atoms with van der Waals surface area (Å²) in [5.41, 5.74) is 3.23. The minimum absolute atomic E-state index is 0.0293. The van der Waals surface area contributed by atoms with Gasteiger partial charge >= 0.3 is 0 Å². The van der Waals surface area contributed by atoms with Crippen LogP contribution < -0.4 is 5.32 Å². The lowest BCUT2D eigenvalue weighted by molar-refractivity contribution is -0.118. The van der Waals surface area contributed by atoms with Gasteiger partial charge in [-0.1, -0.05) is 36.4 Å². The van der Waals surface area contributed by atoms with Gasteiger partial charge in [-0.05, 0) is 23.3 Å². The van der Waals surface area contributed by atoms with Crippen LogP contribution in [0.5, 0.6) is 0 Å². The Labute approximate surface area is 171 Å². The Bertz CT molecular complexity index is 1030. The molecule has 28 heavy (non-hydrogen) atoms. The molecule has 6 nitrogen and oxygen atoms in total. The molecule has 2 aromatic carbocycles. The number of rotatable bonds is 8. The summed E-state index contributed by atoms with van der Waals surface area (Å²) in [6.45, 7) is 1.14. The summed E-state index contributed by atoms with van der Waals surface area (Å²) in [5, 5.41) is 8.21. The van der Waals surface area contributed by atoms with E-state index in [1.54, 1.807) is 34.1 Å². The Hall–Kier alpha value is -2.71. The zero-order valence-electron chi connectivity index (χ0n) is 15.1. The van der Waals surface area contributed by atoms with Crippen molar-refractivity contribution in [3.8, 4) is 0 Å². The van der Waals surface area contributed by atoms with Crippen LogP contribution >= 0.6 is 23.1 Å². The number of nitrogens with one attached hydrogen (secondary N) is 1. The highest BCUT2D eigenvalue weighted by atomic mass is 32.2. The van der Waals surface area contributed by atoms with E-state index < -0.39 is 0 Å². The third kappa shape index (κ3) is 4.76. The summed E-state index contributed by atoms with van der Waals surface area (Å²) < 4.78 is 2.96. The molecule has 0 atom stereocenters. The van der Waals surface area contributed by atoms with E-state index in [1.165, 1.54) is 11.0 Å². The molecule has 2 heterocycles. The molecule has 142 valence electrons. The molecule has 4 rings (SSSR count). The fourth-order valence-corrected chi connectivity index (χ4v) is 4.71. The van der Waals surface area contributed by atoms with E-state index in [-0.39, 0.29) is 5.91 Å². The molecule has 0 unspecified atom stereocenters. The van der Waals surface area contributed by atoms with Crippen LogP contribution in [0, 0.1) is 0 Å². The number of aromatic nitrogens is 4. The SMILES string of the molecule is O=C(CSCc1nc2ccccc2s1)NCc1ccccc1Cn1cncn1. The van der Waals surface area contributed by atoms with E-state index in [4.69, 9.17) is 0 Å². The van der Waals surface area contributed by atoms with E-state index in [2.05, 4.69) is 26.4 Å². The molecule has 0 radical (unpaired) electrons. The third-order valence-electron chi connectivity index (χ3n) is 4.19. The van der Waals surface area contributed by atoms with Crippen LogP contribution in [0.4, 0.5) is 0 Å². The number of amides is 1. The molecule has 0 aliphatic carbocycles. The molecule has 0 spiro atoms. The lowest BCUT2D eigenvalue weighted by Crippen LogP contribution is -2.25. The fraction of sp³-hybridized carbons (Fsp3) is 0.200. The number of carbonyl (C=O) groups excluding carboxylic acids is 1. The number of fused-ring (bicyclic) bond motifs is 1. The van der Waals surface area contributed by atoms with Crippen molar-refractivity contribution < 1.29 is 4.79 Å². The molecule has 0 aliphatic rings. The Morgan fingerprint density at radius 1 is 1.11 bits per heavy atom. The maximum absolute atomic E-state index is 12.2. The molecular weight excluding hydrogens is 390 g/mol. The van der Waals surface area contributed by atoms with Crippen LogP contribution in [0.1, 0.15) is 16.1 Å². The van der Waals surface area contributed by atoms with Gasteiger partial charge in [0.2, 0.25) is 5.91 Å². The predicted molar refractivity (Wildman–Crippen MR) is 113 cm³/mol. The smallest absolute Gasteiger partial charge is 0.230 e. The van der Waals surface area contributed by atoms with Crippen LogP contribution in [0.2, 0.25) is 0 Å². The molecule has 0 fully saturated rings. The Morgan fingerprint density at radius 2 is 1.93 bits per heavy atom. The quantitative estimate of drug-likeness (QED) is 0.482. The number of thioether (sulfide) groups is 1. The Kier molecular flexibility index (Phi) is 5.98. The van der Waals surface area contributed by atoms with Crippen molar-refractivity contribution in [2.75, 3.05) is 5.75 Å². The topological polar surface area (TPSA) is 72.7 Å². The van der Waals surface area contributed by atoms with E-state index in [0.29, 0.717) is 18.8 Å². The minimum atomic E-state index is 0.0293. The van der Waals surface area contributed by atoms with Crippen molar-refractivity contribution >= 4 is 39.2 Å². The maximum Gasteiger partial charge on any atom is 0.230 e. The highest BCUT2D eigenvalue weighted by Crippen LogP contribution is 2.24. The van der Waals surface area contributed by atoms with Crippen LogP contribution in [0.3, 0.4) is 0 Å². The Balaban J connectivity index is 1.26. The second-order valence-corrected chi connectivity index (χ2v) is 8.31. The molecule has 4 aromatic rings. The number of hydrogen-bond acceptors (Lipinski definition) is 6. The first kappa shape index (κ1) is 18.6. The lowest BCUT2D eigenvalue weighted by atomic mass is 10.1. The number of nitrogens with zero attached hydrogens (tertiary/aromatic N) is 4. The van der Waals surface area contributed by atoms with Crippen molar-refractivity contribution in [3.63, 3.8) is 0 Å². The summed E-state index contributed by atoms with van der Waals surface area (Å²) in [5.74, 6) is 1.19. The largest absolute Gasteiger partial charge is 0.351 e. The number of benzene rings is 2. The predicted octanol–water partition coefficient (Wildman–Crippen LogP) is 3.49. The minimum Gasteiger partial charge on any atom is -0.351 e. The van der Waals surface area contributed by atoms with E-state index in [1.807, 2.05) is 42.5 Å². The van der Waals surface area contributed by atoms with Crippen molar-refractivity contribution in [1.29, 1.82) is 0 Å². The summed E-state index contributed by atoms with van der Waals surface area (Å²) >= 11 is 3.27. The fourth-order valence-electron chi connectivity index (χ4n) is 2.83. The summed E-state index contributed by atoms with van der Waals surface area (Å²) in [7, 11) is 0.